The van der Waals surface area contributed by atoms with Crippen molar-refractivity contribution < 1.29 is 0 Å². The normalized spacial score (nSPS) is 13.5. The summed E-state index contributed by atoms with van der Waals surface area (Å²) in [6.07, 6.45) is 9.07. The number of hydrogen-bond acceptors (Lipinski definition) is 0. The first-order chi connectivity index (χ1) is 22.8. The molecule has 2 aliphatic rings. The van der Waals surface area contributed by atoms with Crippen LogP contribution in [0.1, 0.15) is 23.1 Å². The SMILES string of the molecule is C1=Cc2ccc3ccc(-c4ccc(-c5c6ccccc6c(-c6cccc7ccccc67)c6ccccc56)cc4)c4c3c2C(=CC4)C1. The summed E-state index contributed by atoms with van der Waals surface area (Å²) in [7, 11) is 0. The highest BCUT2D eigenvalue weighted by Crippen LogP contribution is 2.47. The quantitative estimate of drug-likeness (QED) is 0.182. The summed E-state index contributed by atoms with van der Waals surface area (Å²) in [6, 6.07) is 51.9. The zero-order valence-corrected chi connectivity index (χ0v) is 25.4. The average molecular weight is 583 g/mol. The minimum Gasteiger partial charge on any atom is -0.0795 e. The summed E-state index contributed by atoms with van der Waals surface area (Å²) >= 11 is 0. The Morgan fingerprint density at radius 2 is 1.02 bits per heavy atom. The van der Waals surface area contributed by atoms with Crippen molar-refractivity contribution in [3.8, 4) is 33.4 Å². The Bertz CT molecular complexity index is 2550. The third-order valence-electron chi connectivity index (χ3n) is 10.3. The number of rotatable bonds is 3. The van der Waals surface area contributed by atoms with Gasteiger partial charge in [0.1, 0.15) is 0 Å². The molecule has 0 saturated heterocycles. The minimum absolute atomic E-state index is 0.985. The summed E-state index contributed by atoms with van der Waals surface area (Å²) in [5.74, 6) is 0. The zero-order valence-electron chi connectivity index (χ0n) is 25.4. The number of fused-ring (bicyclic) bond motifs is 3. The molecular formula is C46H30. The van der Waals surface area contributed by atoms with Crippen molar-refractivity contribution in [2.45, 2.75) is 12.8 Å². The maximum atomic E-state index is 2.46. The first-order valence-electron chi connectivity index (χ1n) is 16.3. The number of hydrogen-bond donors (Lipinski definition) is 0. The second-order valence-corrected chi connectivity index (χ2v) is 12.7. The first-order valence-corrected chi connectivity index (χ1v) is 16.3. The number of benzene rings is 8. The Morgan fingerprint density at radius 3 is 1.78 bits per heavy atom. The van der Waals surface area contributed by atoms with Gasteiger partial charge in [-0.05, 0) is 112 Å². The predicted octanol–water partition coefficient (Wildman–Crippen LogP) is 12.7. The third kappa shape index (κ3) is 3.68. The van der Waals surface area contributed by atoms with E-state index >= 15 is 0 Å². The Morgan fingerprint density at radius 1 is 0.391 bits per heavy atom. The number of allylic oxidation sites excluding steroid dienone is 3. The molecule has 214 valence electrons. The van der Waals surface area contributed by atoms with Crippen molar-refractivity contribution in [3.05, 3.63) is 168 Å². The largest absolute Gasteiger partial charge is 0.0795 e. The van der Waals surface area contributed by atoms with Gasteiger partial charge in [-0.25, -0.2) is 0 Å². The molecule has 2 aliphatic carbocycles. The highest BCUT2D eigenvalue weighted by atomic mass is 14.3. The summed E-state index contributed by atoms with van der Waals surface area (Å²) in [5, 5.41) is 10.5. The second-order valence-electron chi connectivity index (χ2n) is 12.7. The monoisotopic (exact) mass is 582 g/mol. The van der Waals surface area contributed by atoms with E-state index in [1.807, 2.05) is 0 Å². The van der Waals surface area contributed by atoms with E-state index in [2.05, 4.69) is 158 Å². The van der Waals surface area contributed by atoms with Crippen molar-refractivity contribution in [2.24, 2.45) is 0 Å². The second kappa shape index (κ2) is 9.89. The van der Waals surface area contributed by atoms with Gasteiger partial charge < -0.3 is 0 Å². The van der Waals surface area contributed by atoms with Crippen LogP contribution >= 0.6 is 0 Å². The van der Waals surface area contributed by atoms with Crippen LogP contribution in [0.3, 0.4) is 0 Å². The van der Waals surface area contributed by atoms with Crippen molar-refractivity contribution in [2.75, 3.05) is 0 Å². The maximum Gasteiger partial charge on any atom is -0.00201 e. The topological polar surface area (TPSA) is 0 Å². The van der Waals surface area contributed by atoms with Gasteiger partial charge in [0.05, 0.1) is 0 Å². The summed E-state index contributed by atoms with van der Waals surface area (Å²) in [5.41, 5.74) is 13.5. The van der Waals surface area contributed by atoms with Crippen molar-refractivity contribution in [3.63, 3.8) is 0 Å². The maximum absolute atomic E-state index is 2.46. The van der Waals surface area contributed by atoms with E-state index in [9.17, 15) is 0 Å². The molecule has 0 bridgehead atoms. The lowest BCUT2D eigenvalue weighted by atomic mass is 9.79. The Hall–Kier alpha value is -5.72. The highest BCUT2D eigenvalue weighted by molar-refractivity contribution is 6.23. The van der Waals surface area contributed by atoms with E-state index in [-0.39, 0.29) is 0 Å². The molecule has 0 heteroatoms. The molecular weight excluding hydrogens is 553 g/mol. The fraction of sp³-hybridized carbons (Fsp3) is 0.0435. The minimum atomic E-state index is 0.985. The average Bonchev–Trinajstić information content (AvgIpc) is 3.13. The van der Waals surface area contributed by atoms with Gasteiger partial charge in [-0.2, -0.15) is 0 Å². The van der Waals surface area contributed by atoms with E-state index in [0.29, 0.717) is 0 Å². The molecule has 0 amide bonds. The van der Waals surface area contributed by atoms with Gasteiger partial charge in [0.15, 0.2) is 0 Å². The lowest BCUT2D eigenvalue weighted by Gasteiger charge is -2.25. The molecule has 0 heterocycles. The molecule has 0 unspecified atom stereocenters. The predicted molar refractivity (Wildman–Crippen MR) is 198 cm³/mol. The molecule has 8 aromatic carbocycles. The van der Waals surface area contributed by atoms with Gasteiger partial charge >= 0.3 is 0 Å². The van der Waals surface area contributed by atoms with Crippen molar-refractivity contribution in [1.82, 2.24) is 0 Å². The molecule has 0 N–H and O–H groups in total. The van der Waals surface area contributed by atoms with Gasteiger partial charge in [0, 0.05) is 0 Å². The van der Waals surface area contributed by atoms with E-state index in [1.165, 1.54) is 98.7 Å². The summed E-state index contributed by atoms with van der Waals surface area (Å²) < 4.78 is 0. The van der Waals surface area contributed by atoms with Crippen LogP contribution in [0.2, 0.25) is 0 Å². The van der Waals surface area contributed by atoms with Gasteiger partial charge in [-0.1, -0.05) is 158 Å². The van der Waals surface area contributed by atoms with Crippen LogP contribution in [0, 0.1) is 0 Å². The van der Waals surface area contributed by atoms with Crippen LogP contribution in [0.4, 0.5) is 0 Å². The highest BCUT2D eigenvalue weighted by Gasteiger charge is 2.22. The van der Waals surface area contributed by atoms with Gasteiger partial charge in [0.2, 0.25) is 0 Å². The molecule has 0 radical (unpaired) electrons. The fourth-order valence-corrected chi connectivity index (χ4v) is 8.29. The van der Waals surface area contributed by atoms with Crippen LogP contribution in [-0.4, -0.2) is 0 Å². The molecule has 0 fully saturated rings. The van der Waals surface area contributed by atoms with Crippen LogP contribution in [0.15, 0.2) is 152 Å². The van der Waals surface area contributed by atoms with Crippen LogP contribution in [0.25, 0.3) is 88.1 Å². The molecule has 0 nitrogen and oxygen atoms in total. The molecule has 0 aliphatic heterocycles. The lowest BCUT2D eigenvalue weighted by molar-refractivity contribution is 1.23. The van der Waals surface area contributed by atoms with E-state index in [0.717, 1.165) is 12.8 Å². The van der Waals surface area contributed by atoms with Gasteiger partial charge in [0.25, 0.3) is 0 Å². The van der Waals surface area contributed by atoms with Crippen LogP contribution in [-0.2, 0) is 6.42 Å². The zero-order chi connectivity index (χ0) is 30.2. The lowest BCUT2D eigenvalue weighted by Crippen LogP contribution is -2.04. The van der Waals surface area contributed by atoms with Crippen LogP contribution in [0.5, 0.6) is 0 Å². The first kappa shape index (κ1) is 25.6. The standard InChI is InChI=1S/C46H30/c1-2-13-35-29(9-1)10-8-18-37(35)46-40-16-5-3-14-38(40)44(39-15-4-6-17-41(39)46)33-21-19-30(20-22-33)36-27-25-34-24-23-31-11-7-12-32-26-28-42(36)45(34)43(31)32/h1-11,13-27H,12,28H2. The molecule has 0 aromatic heterocycles. The van der Waals surface area contributed by atoms with Crippen molar-refractivity contribution >= 4 is 54.7 Å². The Balaban J connectivity index is 1.18. The summed E-state index contributed by atoms with van der Waals surface area (Å²) in [4.78, 5) is 0. The summed E-state index contributed by atoms with van der Waals surface area (Å²) in [6.45, 7) is 0. The Labute approximate surface area is 268 Å². The van der Waals surface area contributed by atoms with E-state index in [1.54, 1.807) is 0 Å². The van der Waals surface area contributed by atoms with Crippen LogP contribution < -0.4 is 0 Å². The molecule has 0 spiro atoms. The Kier molecular flexibility index (Phi) is 5.50. The molecule has 0 atom stereocenters. The molecule has 46 heavy (non-hydrogen) atoms. The molecule has 0 saturated carbocycles. The smallest absolute Gasteiger partial charge is 0.00201 e. The van der Waals surface area contributed by atoms with Gasteiger partial charge in [-0.15, -0.1) is 0 Å². The van der Waals surface area contributed by atoms with Gasteiger partial charge in [-0.3, -0.25) is 0 Å². The van der Waals surface area contributed by atoms with E-state index in [4.69, 9.17) is 0 Å². The fourth-order valence-electron chi connectivity index (χ4n) is 8.29. The molecule has 8 aromatic rings. The third-order valence-corrected chi connectivity index (χ3v) is 10.3. The van der Waals surface area contributed by atoms with Crippen molar-refractivity contribution in [1.29, 1.82) is 0 Å². The molecule has 10 rings (SSSR count). The van der Waals surface area contributed by atoms with E-state index < -0.39 is 0 Å².